The fourth-order valence-corrected chi connectivity index (χ4v) is 4.62. The van der Waals surface area contributed by atoms with E-state index in [0.717, 1.165) is 32.1 Å². The summed E-state index contributed by atoms with van der Waals surface area (Å²) in [6.07, 6.45) is 5.82. The van der Waals surface area contributed by atoms with Crippen molar-refractivity contribution >= 4 is 51.4 Å². The Bertz CT molecular complexity index is 1190. The number of amides is 5. The van der Waals surface area contributed by atoms with Gasteiger partial charge in [0.1, 0.15) is 17.1 Å². The number of urea groups is 1. The average molecular weight is 544 g/mol. The highest BCUT2D eigenvalue weighted by molar-refractivity contribution is 9.10. The van der Waals surface area contributed by atoms with Gasteiger partial charge in [-0.3, -0.25) is 24.6 Å². The normalized spacial score (nSPS) is 17.9. The maximum Gasteiger partial charge on any atom is 0.331 e. The van der Waals surface area contributed by atoms with Crippen LogP contribution in [0.15, 0.2) is 52.5 Å². The maximum absolute atomic E-state index is 13.0. The van der Waals surface area contributed by atoms with Crippen LogP contribution in [0.4, 0.5) is 14.9 Å². The standard InChI is InChI=1S/C25H23BrFN3O5/c26-20-13-15(6-11-21(20)35-14-22(31)28-17-9-7-16(27)8-10-17)12-19-23(32)29-25(34)30(24(19)33)18-4-2-1-3-5-18/h6-13,18H,1-5,14H2,(H,28,31)(H,29,32,34). The number of rotatable bonds is 6. The number of benzene rings is 2. The third-order valence-electron chi connectivity index (χ3n) is 5.83. The maximum atomic E-state index is 13.0. The van der Waals surface area contributed by atoms with Gasteiger partial charge in [0.25, 0.3) is 17.7 Å². The molecule has 35 heavy (non-hydrogen) atoms. The van der Waals surface area contributed by atoms with Gasteiger partial charge in [-0.05, 0) is 76.8 Å². The third kappa shape index (κ3) is 5.94. The molecule has 5 amide bonds. The van der Waals surface area contributed by atoms with Crippen molar-refractivity contribution in [1.29, 1.82) is 0 Å². The van der Waals surface area contributed by atoms with Gasteiger partial charge in [0, 0.05) is 11.7 Å². The number of carbonyl (C=O) groups is 4. The molecule has 0 unspecified atom stereocenters. The van der Waals surface area contributed by atoms with E-state index in [1.807, 2.05) is 0 Å². The molecule has 0 radical (unpaired) electrons. The van der Waals surface area contributed by atoms with Crippen LogP contribution in [0, 0.1) is 5.82 Å². The summed E-state index contributed by atoms with van der Waals surface area (Å²) in [6.45, 7) is -0.282. The highest BCUT2D eigenvalue weighted by Crippen LogP contribution is 2.29. The van der Waals surface area contributed by atoms with Crippen molar-refractivity contribution in [2.75, 3.05) is 11.9 Å². The molecule has 8 nitrogen and oxygen atoms in total. The summed E-state index contributed by atoms with van der Waals surface area (Å²) in [4.78, 5) is 51.0. The van der Waals surface area contributed by atoms with Crippen LogP contribution in [0.3, 0.4) is 0 Å². The first-order chi connectivity index (χ1) is 16.8. The van der Waals surface area contributed by atoms with Gasteiger partial charge in [-0.15, -0.1) is 0 Å². The summed E-state index contributed by atoms with van der Waals surface area (Å²) in [6, 6.07) is 9.34. The van der Waals surface area contributed by atoms with Crippen molar-refractivity contribution in [2.45, 2.75) is 38.1 Å². The van der Waals surface area contributed by atoms with E-state index in [-0.39, 0.29) is 18.2 Å². The number of nitrogens with zero attached hydrogens (tertiary/aromatic N) is 1. The summed E-state index contributed by atoms with van der Waals surface area (Å²) in [7, 11) is 0. The quantitative estimate of drug-likeness (QED) is 0.415. The largest absolute Gasteiger partial charge is 0.483 e. The Morgan fingerprint density at radius 1 is 1.11 bits per heavy atom. The van der Waals surface area contributed by atoms with E-state index < -0.39 is 29.6 Å². The van der Waals surface area contributed by atoms with E-state index >= 15 is 0 Å². The highest BCUT2D eigenvalue weighted by atomic mass is 79.9. The zero-order valence-corrected chi connectivity index (χ0v) is 20.3. The molecule has 182 valence electrons. The van der Waals surface area contributed by atoms with Gasteiger partial charge in [0.05, 0.1) is 4.47 Å². The number of barbiturate groups is 1. The topological polar surface area (TPSA) is 105 Å². The van der Waals surface area contributed by atoms with Gasteiger partial charge >= 0.3 is 6.03 Å². The first kappa shape index (κ1) is 24.6. The fraction of sp³-hybridized carbons (Fsp3) is 0.280. The molecule has 1 saturated carbocycles. The number of ether oxygens (including phenoxy) is 1. The van der Waals surface area contributed by atoms with Crippen molar-refractivity contribution in [1.82, 2.24) is 10.2 Å². The lowest BCUT2D eigenvalue weighted by Gasteiger charge is -2.35. The molecule has 0 atom stereocenters. The molecule has 2 aromatic rings. The van der Waals surface area contributed by atoms with Gasteiger partial charge in [-0.25, -0.2) is 9.18 Å². The molecular weight excluding hydrogens is 521 g/mol. The lowest BCUT2D eigenvalue weighted by atomic mass is 9.93. The number of nitrogens with one attached hydrogen (secondary N) is 2. The summed E-state index contributed by atoms with van der Waals surface area (Å²) >= 11 is 3.37. The number of anilines is 1. The van der Waals surface area contributed by atoms with E-state index in [2.05, 4.69) is 26.6 Å². The average Bonchev–Trinajstić information content (AvgIpc) is 2.83. The SMILES string of the molecule is O=C(COc1ccc(C=C2C(=O)NC(=O)N(C3CCCCC3)C2=O)cc1Br)Nc1ccc(F)cc1. The zero-order chi connectivity index (χ0) is 24.9. The molecule has 2 aromatic carbocycles. The van der Waals surface area contributed by atoms with Crippen molar-refractivity contribution in [3.8, 4) is 5.75 Å². The molecule has 10 heteroatoms. The molecule has 0 spiro atoms. The lowest BCUT2D eigenvalue weighted by molar-refractivity contribution is -0.132. The number of halogens is 2. The Morgan fingerprint density at radius 3 is 2.51 bits per heavy atom. The Morgan fingerprint density at radius 2 is 1.83 bits per heavy atom. The van der Waals surface area contributed by atoms with Gasteiger partial charge in [-0.2, -0.15) is 0 Å². The summed E-state index contributed by atoms with van der Waals surface area (Å²) < 4.78 is 19.0. The van der Waals surface area contributed by atoms with E-state index in [0.29, 0.717) is 21.5 Å². The third-order valence-corrected chi connectivity index (χ3v) is 6.45. The Balaban J connectivity index is 1.43. The lowest BCUT2D eigenvalue weighted by Crippen LogP contribution is -2.58. The van der Waals surface area contributed by atoms with E-state index in [4.69, 9.17) is 4.74 Å². The van der Waals surface area contributed by atoms with Crippen molar-refractivity contribution in [3.63, 3.8) is 0 Å². The predicted molar refractivity (Wildman–Crippen MR) is 130 cm³/mol. The van der Waals surface area contributed by atoms with Crippen LogP contribution in [0.2, 0.25) is 0 Å². The molecular formula is C25H23BrFN3O5. The van der Waals surface area contributed by atoms with Crippen LogP contribution in [-0.4, -0.2) is 41.3 Å². The Kier molecular flexibility index (Phi) is 7.60. The Labute approximate surface area is 209 Å². The van der Waals surface area contributed by atoms with Crippen LogP contribution in [0.25, 0.3) is 6.08 Å². The van der Waals surface area contributed by atoms with E-state index in [1.165, 1.54) is 35.2 Å². The smallest absolute Gasteiger partial charge is 0.331 e. The van der Waals surface area contributed by atoms with Crippen LogP contribution in [0.1, 0.15) is 37.7 Å². The van der Waals surface area contributed by atoms with Gasteiger partial charge < -0.3 is 10.1 Å². The molecule has 2 aliphatic rings. The van der Waals surface area contributed by atoms with Crippen LogP contribution < -0.4 is 15.4 Å². The second kappa shape index (κ2) is 10.8. The Hall–Kier alpha value is -3.53. The predicted octanol–water partition coefficient (Wildman–Crippen LogP) is 4.40. The van der Waals surface area contributed by atoms with Crippen molar-refractivity contribution < 1.29 is 28.3 Å². The number of carbonyl (C=O) groups excluding carboxylic acids is 4. The summed E-state index contributed by atoms with van der Waals surface area (Å²) in [5.41, 5.74) is 0.864. The molecule has 1 aliphatic heterocycles. The van der Waals surface area contributed by atoms with Gasteiger partial charge in [-0.1, -0.05) is 25.3 Å². The molecule has 1 heterocycles. The van der Waals surface area contributed by atoms with Crippen molar-refractivity contribution in [3.05, 3.63) is 63.9 Å². The number of imide groups is 2. The minimum atomic E-state index is -0.735. The zero-order valence-electron chi connectivity index (χ0n) is 18.7. The van der Waals surface area contributed by atoms with E-state index in [1.54, 1.807) is 18.2 Å². The van der Waals surface area contributed by atoms with Crippen LogP contribution >= 0.6 is 15.9 Å². The molecule has 4 rings (SSSR count). The van der Waals surface area contributed by atoms with Crippen molar-refractivity contribution in [2.24, 2.45) is 0 Å². The molecule has 2 fully saturated rings. The molecule has 0 aromatic heterocycles. The molecule has 1 aliphatic carbocycles. The fourth-order valence-electron chi connectivity index (χ4n) is 4.11. The van der Waals surface area contributed by atoms with Gasteiger partial charge in [0.2, 0.25) is 0 Å². The second-order valence-electron chi connectivity index (χ2n) is 8.32. The molecule has 1 saturated heterocycles. The second-order valence-corrected chi connectivity index (χ2v) is 9.17. The summed E-state index contributed by atoms with van der Waals surface area (Å²) in [5.74, 6) is -1.79. The summed E-state index contributed by atoms with van der Waals surface area (Å²) in [5, 5.41) is 4.87. The van der Waals surface area contributed by atoms with E-state index in [9.17, 15) is 23.6 Å². The minimum absolute atomic E-state index is 0.116. The highest BCUT2D eigenvalue weighted by Gasteiger charge is 2.40. The monoisotopic (exact) mass is 543 g/mol. The molecule has 0 bridgehead atoms. The minimum Gasteiger partial charge on any atom is -0.483 e. The number of hydrogen-bond donors (Lipinski definition) is 2. The molecule has 2 N–H and O–H groups in total. The van der Waals surface area contributed by atoms with Crippen LogP contribution in [-0.2, 0) is 14.4 Å². The first-order valence-electron chi connectivity index (χ1n) is 11.2. The van der Waals surface area contributed by atoms with Gasteiger partial charge in [0.15, 0.2) is 6.61 Å². The van der Waals surface area contributed by atoms with Crippen LogP contribution in [0.5, 0.6) is 5.75 Å². The first-order valence-corrected chi connectivity index (χ1v) is 12.0. The number of hydrogen-bond acceptors (Lipinski definition) is 5.